The smallest absolute Gasteiger partial charge is 0.337 e. The molecule has 1 saturated carbocycles. The van der Waals surface area contributed by atoms with Crippen molar-refractivity contribution in [3.63, 3.8) is 0 Å². The molecular weight excluding hydrogens is 272 g/mol. The highest BCUT2D eigenvalue weighted by molar-refractivity contribution is 5.91. The van der Waals surface area contributed by atoms with Crippen LogP contribution in [-0.4, -0.2) is 30.6 Å². The standard InChI is InChI=1S/C15H20N2O4/c1-10(2)9-16(12-5-6-12)14-8-11(15(18)21-3)4-7-13(14)17(19)20/h4,7-8,10,12H,5-6,9H2,1-3H3. The number of carbonyl (C=O) groups excluding carboxylic acids is 1. The van der Waals surface area contributed by atoms with E-state index in [0.29, 0.717) is 23.2 Å². The fraction of sp³-hybridized carbons (Fsp3) is 0.533. The summed E-state index contributed by atoms with van der Waals surface area (Å²) in [6, 6.07) is 4.73. The maximum absolute atomic E-state index is 11.7. The number of esters is 1. The van der Waals surface area contributed by atoms with Crippen LogP contribution >= 0.6 is 0 Å². The van der Waals surface area contributed by atoms with E-state index in [1.807, 2.05) is 0 Å². The summed E-state index contributed by atoms with van der Waals surface area (Å²) in [7, 11) is 1.30. The van der Waals surface area contributed by atoms with Crippen molar-refractivity contribution in [2.45, 2.75) is 32.7 Å². The summed E-state index contributed by atoms with van der Waals surface area (Å²) in [5.74, 6) is -0.0987. The molecule has 6 nitrogen and oxygen atoms in total. The summed E-state index contributed by atoms with van der Waals surface area (Å²) in [5.41, 5.74) is 0.891. The van der Waals surface area contributed by atoms with Gasteiger partial charge < -0.3 is 9.64 Å². The molecule has 0 amide bonds. The lowest BCUT2D eigenvalue weighted by molar-refractivity contribution is -0.384. The molecule has 2 rings (SSSR count). The highest BCUT2D eigenvalue weighted by atomic mass is 16.6. The number of rotatable bonds is 6. The molecule has 6 heteroatoms. The van der Waals surface area contributed by atoms with Gasteiger partial charge in [0.25, 0.3) is 5.69 Å². The highest BCUT2D eigenvalue weighted by Crippen LogP contribution is 2.38. The quantitative estimate of drug-likeness (QED) is 0.458. The van der Waals surface area contributed by atoms with Gasteiger partial charge in [0, 0.05) is 18.7 Å². The van der Waals surface area contributed by atoms with Crippen molar-refractivity contribution in [2.24, 2.45) is 5.92 Å². The van der Waals surface area contributed by atoms with Gasteiger partial charge in [0.1, 0.15) is 5.69 Å². The average molecular weight is 292 g/mol. The minimum atomic E-state index is -0.480. The molecule has 0 bridgehead atoms. The monoisotopic (exact) mass is 292 g/mol. The molecule has 0 N–H and O–H groups in total. The van der Waals surface area contributed by atoms with Crippen LogP contribution in [0.15, 0.2) is 18.2 Å². The van der Waals surface area contributed by atoms with Crippen LogP contribution in [0.2, 0.25) is 0 Å². The molecule has 0 aromatic heterocycles. The van der Waals surface area contributed by atoms with E-state index in [4.69, 9.17) is 4.74 Å². The Kier molecular flexibility index (Phi) is 4.45. The Bertz CT molecular complexity index is 553. The van der Waals surface area contributed by atoms with Gasteiger partial charge in [-0.1, -0.05) is 13.8 Å². The molecule has 0 saturated heterocycles. The SMILES string of the molecule is COC(=O)c1ccc([N+](=O)[O-])c(N(CC(C)C)C2CC2)c1. The summed E-state index contributed by atoms with van der Waals surface area (Å²) < 4.78 is 4.70. The van der Waals surface area contributed by atoms with E-state index in [0.717, 1.165) is 19.4 Å². The van der Waals surface area contributed by atoms with Crippen LogP contribution in [0.3, 0.4) is 0 Å². The first kappa shape index (κ1) is 15.3. The molecule has 0 aliphatic heterocycles. The van der Waals surface area contributed by atoms with Crippen molar-refractivity contribution in [3.05, 3.63) is 33.9 Å². The molecule has 1 aliphatic carbocycles. The van der Waals surface area contributed by atoms with Gasteiger partial charge in [0.2, 0.25) is 0 Å². The van der Waals surface area contributed by atoms with Crippen molar-refractivity contribution in [2.75, 3.05) is 18.6 Å². The van der Waals surface area contributed by atoms with E-state index in [2.05, 4.69) is 18.7 Å². The summed E-state index contributed by atoms with van der Waals surface area (Å²) >= 11 is 0. The highest BCUT2D eigenvalue weighted by Gasteiger charge is 2.33. The van der Waals surface area contributed by atoms with Crippen LogP contribution in [0.1, 0.15) is 37.0 Å². The Morgan fingerprint density at radius 2 is 2.14 bits per heavy atom. The Hall–Kier alpha value is -2.11. The number of carbonyl (C=O) groups is 1. The molecule has 0 spiro atoms. The molecule has 114 valence electrons. The largest absolute Gasteiger partial charge is 0.465 e. The van der Waals surface area contributed by atoms with Gasteiger partial charge in [-0.05, 0) is 30.9 Å². The van der Waals surface area contributed by atoms with E-state index in [1.165, 1.54) is 19.2 Å². The van der Waals surface area contributed by atoms with E-state index >= 15 is 0 Å². The first-order chi connectivity index (χ1) is 9.93. The summed E-state index contributed by atoms with van der Waals surface area (Å²) in [4.78, 5) is 24.6. The van der Waals surface area contributed by atoms with Gasteiger partial charge in [0.05, 0.1) is 17.6 Å². The second-order valence-electron chi connectivity index (χ2n) is 5.73. The molecule has 0 unspecified atom stereocenters. The number of ether oxygens (including phenoxy) is 1. The summed E-state index contributed by atoms with van der Waals surface area (Å²) in [6.45, 7) is 4.88. The minimum absolute atomic E-state index is 0.0372. The van der Waals surface area contributed by atoms with Crippen molar-refractivity contribution < 1.29 is 14.5 Å². The maximum atomic E-state index is 11.7. The third kappa shape index (κ3) is 3.51. The van der Waals surface area contributed by atoms with E-state index < -0.39 is 10.9 Å². The zero-order valence-corrected chi connectivity index (χ0v) is 12.5. The number of anilines is 1. The molecule has 1 fully saturated rings. The third-order valence-electron chi connectivity index (χ3n) is 3.45. The Morgan fingerprint density at radius 3 is 2.62 bits per heavy atom. The van der Waals surface area contributed by atoms with Gasteiger partial charge in [-0.25, -0.2) is 4.79 Å². The maximum Gasteiger partial charge on any atom is 0.337 e. The first-order valence-electron chi connectivity index (χ1n) is 7.07. The van der Waals surface area contributed by atoms with Crippen molar-refractivity contribution in [1.29, 1.82) is 0 Å². The lowest BCUT2D eigenvalue weighted by Gasteiger charge is -2.26. The lowest BCUT2D eigenvalue weighted by atomic mass is 10.1. The fourth-order valence-electron chi connectivity index (χ4n) is 2.38. The molecule has 1 aromatic carbocycles. The molecule has 0 heterocycles. The van der Waals surface area contributed by atoms with Gasteiger partial charge in [-0.15, -0.1) is 0 Å². The molecule has 1 aromatic rings. The number of nitro groups is 1. The van der Waals surface area contributed by atoms with Crippen LogP contribution < -0.4 is 4.90 Å². The van der Waals surface area contributed by atoms with Crippen molar-refractivity contribution >= 4 is 17.3 Å². The Labute approximate surface area is 123 Å². The topological polar surface area (TPSA) is 72.7 Å². The van der Waals surface area contributed by atoms with Gasteiger partial charge in [0.15, 0.2) is 0 Å². The van der Waals surface area contributed by atoms with E-state index in [1.54, 1.807) is 6.07 Å². The molecule has 0 radical (unpaired) electrons. The first-order valence-corrected chi connectivity index (χ1v) is 7.07. The predicted octanol–water partition coefficient (Wildman–Crippen LogP) is 3.01. The number of hydrogen-bond acceptors (Lipinski definition) is 5. The van der Waals surface area contributed by atoms with Crippen LogP contribution in [-0.2, 0) is 4.74 Å². The third-order valence-corrected chi connectivity index (χ3v) is 3.45. The fourth-order valence-corrected chi connectivity index (χ4v) is 2.38. The van der Waals surface area contributed by atoms with Gasteiger partial charge >= 0.3 is 5.97 Å². The van der Waals surface area contributed by atoms with E-state index in [-0.39, 0.29) is 5.69 Å². The number of benzene rings is 1. The molecule has 1 aliphatic rings. The van der Waals surface area contributed by atoms with Crippen LogP contribution in [0.5, 0.6) is 0 Å². The number of nitro benzene ring substituents is 1. The van der Waals surface area contributed by atoms with Crippen LogP contribution in [0.4, 0.5) is 11.4 Å². The predicted molar refractivity (Wildman–Crippen MR) is 79.6 cm³/mol. The molecule has 21 heavy (non-hydrogen) atoms. The molecule has 0 atom stereocenters. The normalized spacial score (nSPS) is 14.1. The second kappa shape index (κ2) is 6.11. The van der Waals surface area contributed by atoms with Crippen molar-refractivity contribution in [3.8, 4) is 0 Å². The minimum Gasteiger partial charge on any atom is -0.465 e. The van der Waals surface area contributed by atoms with Gasteiger partial charge in [-0.2, -0.15) is 0 Å². The Morgan fingerprint density at radius 1 is 1.48 bits per heavy atom. The second-order valence-corrected chi connectivity index (χ2v) is 5.73. The average Bonchev–Trinajstić information content (AvgIpc) is 3.27. The number of methoxy groups -OCH3 is 1. The Balaban J connectivity index is 2.45. The number of hydrogen-bond donors (Lipinski definition) is 0. The van der Waals surface area contributed by atoms with Crippen molar-refractivity contribution in [1.82, 2.24) is 0 Å². The summed E-state index contributed by atoms with van der Waals surface area (Å²) in [5, 5.41) is 11.3. The molecular formula is C15H20N2O4. The van der Waals surface area contributed by atoms with E-state index in [9.17, 15) is 14.9 Å². The van der Waals surface area contributed by atoms with Gasteiger partial charge in [-0.3, -0.25) is 10.1 Å². The summed E-state index contributed by atoms with van der Waals surface area (Å²) in [6.07, 6.45) is 2.07. The number of nitrogens with zero attached hydrogens (tertiary/aromatic N) is 2. The van der Waals surface area contributed by atoms with Crippen LogP contribution in [0, 0.1) is 16.0 Å². The van der Waals surface area contributed by atoms with Crippen LogP contribution in [0.25, 0.3) is 0 Å². The zero-order valence-electron chi connectivity index (χ0n) is 12.5. The zero-order chi connectivity index (χ0) is 15.6. The lowest BCUT2D eigenvalue weighted by Crippen LogP contribution is -2.30.